The largest absolute Gasteiger partial charge is 0.375 e. The summed E-state index contributed by atoms with van der Waals surface area (Å²) in [5.41, 5.74) is 6.20. The Balaban J connectivity index is 2.63. The first kappa shape index (κ1) is 10.7. The van der Waals surface area contributed by atoms with E-state index in [9.17, 15) is 4.57 Å². The summed E-state index contributed by atoms with van der Waals surface area (Å²) in [6.45, 7) is 3.91. The fourth-order valence-electron chi connectivity index (χ4n) is 1.01. The normalized spacial score (nSPS) is 15.5. The maximum Gasteiger partial charge on any atom is 0.206 e. The maximum absolute atomic E-state index is 11.7. The minimum absolute atomic E-state index is 0.370. The second-order valence-electron chi connectivity index (χ2n) is 2.77. The minimum Gasteiger partial charge on any atom is -0.375 e. The number of thiazole rings is 1. The summed E-state index contributed by atoms with van der Waals surface area (Å²) in [4.78, 5) is 4.02. The summed E-state index contributed by atoms with van der Waals surface area (Å²) in [6, 6.07) is 0. The second-order valence-corrected chi connectivity index (χ2v) is 6.26. The maximum atomic E-state index is 11.7. The molecule has 74 valence electrons. The zero-order chi connectivity index (χ0) is 9.90. The number of aromatic nitrogens is 1. The number of nitrogens with two attached hydrogens (primary N) is 1. The first-order valence-electron chi connectivity index (χ1n) is 3.94. The Hall–Kier alpha value is -0.380. The second kappa shape index (κ2) is 4.22. The van der Waals surface area contributed by atoms with Crippen LogP contribution in [-0.2, 0) is 15.3 Å². The Kier molecular flexibility index (Phi) is 3.47. The lowest BCUT2D eigenvalue weighted by Crippen LogP contribution is -1.93. The zero-order valence-electron chi connectivity index (χ0n) is 7.69. The molecule has 0 aliphatic heterocycles. The molecule has 1 atom stereocenters. The molecule has 1 aromatic rings. The summed E-state index contributed by atoms with van der Waals surface area (Å²) < 4.78 is 16.8. The fraction of sp³-hybridized carbons (Fsp3) is 0.571. The van der Waals surface area contributed by atoms with Crippen LogP contribution < -0.4 is 5.73 Å². The smallest absolute Gasteiger partial charge is 0.206 e. The van der Waals surface area contributed by atoms with E-state index >= 15 is 0 Å². The molecule has 0 amide bonds. The molecule has 0 radical (unpaired) electrons. The Morgan fingerprint density at radius 2 is 2.46 bits per heavy atom. The number of nitrogens with zero attached hydrogens (tertiary/aromatic N) is 1. The monoisotopic (exact) mass is 220 g/mol. The van der Waals surface area contributed by atoms with Gasteiger partial charge in [-0.25, -0.2) is 4.98 Å². The molecule has 0 aliphatic rings. The van der Waals surface area contributed by atoms with Gasteiger partial charge in [0.05, 0.1) is 18.5 Å². The topological polar surface area (TPSA) is 65.2 Å². The highest BCUT2D eigenvalue weighted by molar-refractivity contribution is 7.57. The highest BCUT2D eigenvalue weighted by atomic mass is 32.1. The zero-order valence-corrected chi connectivity index (χ0v) is 9.40. The van der Waals surface area contributed by atoms with Crippen molar-refractivity contribution in [3.8, 4) is 0 Å². The lowest BCUT2D eigenvalue weighted by Gasteiger charge is -2.10. The molecule has 4 nitrogen and oxygen atoms in total. The van der Waals surface area contributed by atoms with Gasteiger partial charge in [-0.1, -0.05) is 0 Å². The molecule has 1 aromatic heterocycles. The van der Waals surface area contributed by atoms with Crippen molar-refractivity contribution in [2.24, 2.45) is 0 Å². The Bertz CT molecular complexity index is 326. The predicted molar refractivity (Wildman–Crippen MR) is 55.4 cm³/mol. The lowest BCUT2D eigenvalue weighted by atomic mass is 10.6. The van der Waals surface area contributed by atoms with Crippen LogP contribution in [0.25, 0.3) is 0 Å². The lowest BCUT2D eigenvalue weighted by molar-refractivity contribution is 0.336. The van der Waals surface area contributed by atoms with Gasteiger partial charge in [-0.2, -0.15) is 0 Å². The number of rotatable bonds is 4. The molecule has 0 saturated carbocycles. The molecule has 6 heteroatoms. The van der Waals surface area contributed by atoms with E-state index in [-0.39, 0.29) is 0 Å². The minimum atomic E-state index is -2.51. The van der Waals surface area contributed by atoms with Gasteiger partial charge >= 0.3 is 0 Å². The molecule has 0 aliphatic carbocycles. The molecule has 2 N–H and O–H groups in total. The summed E-state index contributed by atoms with van der Waals surface area (Å²) in [5, 5.41) is 2.32. The van der Waals surface area contributed by atoms with Crippen molar-refractivity contribution >= 4 is 23.8 Å². The van der Waals surface area contributed by atoms with E-state index in [1.165, 1.54) is 11.3 Å². The molecule has 13 heavy (non-hydrogen) atoms. The van der Waals surface area contributed by atoms with Crippen LogP contribution in [0.4, 0.5) is 5.13 Å². The van der Waals surface area contributed by atoms with E-state index in [1.54, 1.807) is 6.66 Å². The van der Waals surface area contributed by atoms with Gasteiger partial charge in [0.1, 0.15) is 0 Å². The van der Waals surface area contributed by atoms with Gasteiger partial charge in [-0.3, -0.25) is 4.57 Å². The van der Waals surface area contributed by atoms with Crippen LogP contribution in [0.1, 0.15) is 12.6 Å². The van der Waals surface area contributed by atoms with Crippen LogP contribution in [-0.4, -0.2) is 18.3 Å². The van der Waals surface area contributed by atoms with Crippen LogP contribution >= 0.6 is 18.7 Å². The average Bonchev–Trinajstić information content (AvgIpc) is 2.34. The van der Waals surface area contributed by atoms with Crippen LogP contribution in [0.2, 0.25) is 0 Å². The first-order valence-corrected chi connectivity index (χ1v) is 7.08. The number of hydrogen-bond donors (Lipinski definition) is 1. The third-order valence-electron chi connectivity index (χ3n) is 1.42. The van der Waals surface area contributed by atoms with Gasteiger partial charge in [0.2, 0.25) is 7.37 Å². The Morgan fingerprint density at radius 3 is 2.92 bits per heavy atom. The number of hydrogen-bond acceptors (Lipinski definition) is 5. The number of nitrogen functional groups attached to an aromatic ring is 1. The molecule has 0 fully saturated rings. The molecule has 0 aromatic carbocycles. The molecule has 1 unspecified atom stereocenters. The highest BCUT2D eigenvalue weighted by Crippen LogP contribution is 2.46. The average molecular weight is 220 g/mol. The van der Waals surface area contributed by atoms with Crippen molar-refractivity contribution < 1.29 is 9.09 Å². The molecule has 0 bridgehead atoms. The SMILES string of the molecule is CCOP(C)(=O)Cc1csc(N)n1. The van der Waals surface area contributed by atoms with Crippen LogP contribution in [0.5, 0.6) is 0 Å². The van der Waals surface area contributed by atoms with Gasteiger partial charge in [0, 0.05) is 12.0 Å². The third kappa shape index (κ3) is 3.46. The van der Waals surface area contributed by atoms with Gasteiger partial charge in [-0.05, 0) is 6.92 Å². The number of anilines is 1. The van der Waals surface area contributed by atoms with Crippen LogP contribution in [0, 0.1) is 0 Å². The van der Waals surface area contributed by atoms with Crippen molar-refractivity contribution in [2.45, 2.75) is 13.1 Å². The molecule has 1 heterocycles. The van der Waals surface area contributed by atoms with Crippen molar-refractivity contribution in [3.05, 3.63) is 11.1 Å². The molecule has 1 rings (SSSR count). The predicted octanol–water partition coefficient (Wildman–Crippen LogP) is 2.17. The van der Waals surface area contributed by atoms with E-state index in [4.69, 9.17) is 10.3 Å². The van der Waals surface area contributed by atoms with E-state index in [1.807, 2.05) is 12.3 Å². The van der Waals surface area contributed by atoms with Crippen LogP contribution in [0.15, 0.2) is 5.38 Å². The fourth-order valence-corrected chi connectivity index (χ4v) is 3.08. The van der Waals surface area contributed by atoms with E-state index < -0.39 is 7.37 Å². The first-order chi connectivity index (χ1) is 6.03. The highest BCUT2D eigenvalue weighted by Gasteiger charge is 2.17. The van der Waals surface area contributed by atoms with Gasteiger partial charge in [0.15, 0.2) is 5.13 Å². The summed E-state index contributed by atoms with van der Waals surface area (Å²) in [7, 11) is -2.51. The molecule has 0 saturated heterocycles. The van der Waals surface area contributed by atoms with E-state index in [0.717, 1.165) is 5.69 Å². The quantitative estimate of drug-likeness (QED) is 0.790. The van der Waals surface area contributed by atoms with Gasteiger partial charge < -0.3 is 10.3 Å². The Labute approximate surface area is 81.6 Å². The van der Waals surface area contributed by atoms with Crippen molar-refractivity contribution in [1.82, 2.24) is 4.98 Å². The molecular weight excluding hydrogens is 207 g/mol. The molecular formula is C7H13N2O2PS. The summed E-state index contributed by atoms with van der Waals surface area (Å²) in [6.07, 6.45) is 0.370. The summed E-state index contributed by atoms with van der Waals surface area (Å²) >= 11 is 1.35. The van der Waals surface area contributed by atoms with Gasteiger partial charge in [0.25, 0.3) is 0 Å². The van der Waals surface area contributed by atoms with Crippen molar-refractivity contribution in [2.75, 3.05) is 19.0 Å². The van der Waals surface area contributed by atoms with Crippen molar-refractivity contribution in [3.63, 3.8) is 0 Å². The van der Waals surface area contributed by atoms with Crippen molar-refractivity contribution in [1.29, 1.82) is 0 Å². The Morgan fingerprint density at radius 1 is 1.77 bits per heavy atom. The summed E-state index contributed by atoms with van der Waals surface area (Å²) in [5.74, 6) is 0. The van der Waals surface area contributed by atoms with Crippen LogP contribution in [0.3, 0.4) is 0 Å². The van der Waals surface area contributed by atoms with Gasteiger partial charge in [-0.15, -0.1) is 11.3 Å². The molecule has 0 spiro atoms. The van der Waals surface area contributed by atoms with E-state index in [0.29, 0.717) is 17.9 Å². The van der Waals surface area contributed by atoms with E-state index in [2.05, 4.69) is 4.98 Å². The standard InChI is InChI=1S/C7H13N2O2PS/c1-3-11-12(2,10)4-6-5-13-7(8)9-6/h5H,3-4H2,1-2H3,(H2,8,9). The third-order valence-corrected chi connectivity index (χ3v) is 3.85.